The summed E-state index contributed by atoms with van der Waals surface area (Å²) in [5, 5.41) is 4.98. The average molecular weight is 461 g/mol. The predicted molar refractivity (Wildman–Crippen MR) is 121 cm³/mol. The van der Waals surface area contributed by atoms with Crippen LogP contribution in [-0.2, 0) is 21.1 Å². The Balaban J connectivity index is 1.49. The van der Waals surface area contributed by atoms with E-state index in [-0.39, 0.29) is 22.7 Å². The average Bonchev–Trinajstić information content (AvgIpc) is 2.73. The third kappa shape index (κ3) is 5.36. The Kier molecular flexibility index (Phi) is 6.48. The van der Waals surface area contributed by atoms with Crippen molar-refractivity contribution in [2.24, 2.45) is 5.41 Å². The van der Waals surface area contributed by atoms with E-state index in [4.69, 9.17) is 21.1 Å². The van der Waals surface area contributed by atoms with Crippen LogP contribution >= 0.6 is 11.6 Å². The van der Waals surface area contributed by atoms with Gasteiger partial charge in [0.05, 0.1) is 29.4 Å². The van der Waals surface area contributed by atoms with Crippen molar-refractivity contribution in [3.8, 4) is 5.88 Å². The number of halogens is 1. The van der Waals surface area contributed by atoms with Crippen LogP contribution in [0, 0.1) is 5.41 Å². The molecule has 0 atom stereocenters. The standard InChI is InChI=1S/C23H25ClN2O4S/c1-23(15-29-16-23)14-25-13-18-11-17-7-8-19(24)12-21(17)26-22(18)30-9-10-31(27,28)20-5-3-2-4-6-20/h2-8,11-12,25H,9-10,13-16H2,1H3. The monoisotopic (exact) mass is 460 g/mol. The van der Waals surface area contributed by atoms with Crippen LogP contribution in [-0.4, -0.2) is 45.5 Å². The number of aromatic nitrogens is 1. The van der Waals surface area contributed by atoms with E-state index in [9.17, 15) is 8.42 Å². The smallest absolute Gasteiger partial charge is 0.218 e. The molecule has 31 heavy (non-hydrogen) atoms. The Hall–Kier alpha value is -2.19. The molecule has 8 heteroatoms. The van der Waals surface area contributed by atoms with Crippen LogP contribution in [0.3, 0.4) is 0 Å². The van der Waals surface area contributed by atoms with Gasteiger partial charge in [0.1, 0.15) is 6.61 Å². The number of nitrogens with one attached hydrogen (secondary N) is 1. The fraction of sp³-hybridized carbons (Fsp3) is 0.348. The van der Waals surface area contributed by atoms with Gasteiger partial charge in [-0.05, 0) is 30.3 Å². The number of fused-ring (bicyclic) bond motifs is 1. The number of sulfone groups is 1. The van der Waals surface area contributed by atoms with Crippen molar-refractivity contribution in [3.05, 3.63) is 65.2 Å². The number of hydrogen-bond acceptors (Lipinski definition) is 6. The van der Waals surface area contributed by atoms with Crippen LogP contribution in [0.4, 0.5) is 0 Å². The van der Waals surface area contributed by atoms with Crippen LogP contribution in [0.15, 0.2) is 59.5 Å². The second-order valence-electron chi connectivity index (χ2n) is 8.18. The first kappa shape index (κ1) is 22.0. The van der Waals surface area contributed by atoms with Crippen LogP contribution in [0.2, 0.25) is 5.02 Å². The van der Waals surface area contributed by atoms with Gasteiger partial charge in [-0.25, -0.2) is 13.4 Å². The van der Waals surface area contributed by atoms with Crippen molar-refractivity contribution >= 4 is 32.3 Å². The Labute approximate surface area is 187 Å². The molecule has 3 aromatic rings. The van der Waals surface area contributed by atoms with Crippen molar-refractivity contribution in [3.63, 3.8) is 0 Å². The number of nitrogens with zero attached hydrogens (tertiary/aromatic N) is 1. The lowest BCUT2D eigenvalue weighted by Crippen LogP contribution is -2.47. The molecule has 1 fully saturated rings. The van der Waals surface area contributed by atoms with Gasteiger partial charge >= 0.3 is 0 Å². The summed E-state index contributed by atoms with van der Waals surface area (Å²) >= 11 is 6.11. The summed E-state index contributed by atoms with van der Waals surface area (Å²) in [7, 11) is -3.43. The number of rotatable bonds is 9. The molecule has 0 amide bonds. The fourth-order valence-corrected chi connectivity index (χ4v) is 4.74. The maximum atomic E-state index is 12.5. The normalized spacial score (nSPS) is 15.5. The van der Waals surface area contributed by atoms with E-state index >= 15 is 0 Å². The molecular weight excluding hydrogens is 436 g/mol. The first-order chi connectivity index (χ1) is 14.8. The number of pyridine rings is 1. The van der Waals surface area contributed by atoms with Crippen LogP contribution in [0.1, 0.15) is 12.5 Å². The lowest BCUT2D eigenvalue weighted by molar-refractivity contribution is -0.0991. The molecule has 1 saturated heterocycles. The largest absolute Gasteiger partial charge is 0.476 e. The van der Waals surface area contributed by atoms with Crippen molar-refractivity contribution in [1.82, 2.24) is 10.3 Å². The van der Waals surface area contributed by atoms with Crippen LogP contribution < -0.4 is 10.1 Å². The number of hydrogen-bond donors (Lipinski definition) is 1. The molecule has 0 spiro atoms. The van der Waals surface area contributed by atoms with E-state index in [2.05, 4.69) is 17.2 Å². The predicted octanol–water partition coefficient (Wildman–Crippen LogP) is 3.87. The highest BCUT2D eigenvalue weighted by molar-refractivity contribution is 7.91. The zero-order chi connectivity index (χ0) is 21.9. The van der Waals surface area contributed by atoms with E-state index in [1.54, 1.807) is 36.4 Å². The summed E-state index contributed by atoms with van der Waals surface area (Å²) in [4.78, 5) is 4.90. The number of benzene rings is 2. The molecule has 2 aromatic carbocycles. The topological polar surface area (TPSA) is 77.5 Å². The molecular formula is C23H25ClN2O4S. The minimum atomic E-state index is -3.43. The highest BCUT2D eigenvalue weighted by atomic mass is 35.5. The highest BCUT2D eigenvalue weighted by Gasteiger charge is 2.32. The first-order valence-electron chi connectivity index (χ1n) is 10.1. The first-order valence-corrected chi connectivity index (χ1v) is 12.2. The lowest BCUT2D eigenvalue weighted by atomic mass is 9.89. The highest BCUT2D eigenvalue weighted by Crippen LogP contribution is 2.27. The SMILES string of the molecule is CC1(CNCc2cc3ccc(Cl)cc3nc2OCCS(=O)(=O)c2ccccc2)COC1. The second-order valence-corrected chi connectivity index (χ2v) is 10.7. The zero-order valence-corrected chi connectivity index (χ0v) is 18.9. The van der Waals surface area contributed by atoms with Gasteiger partial charge in [0, 0.05) is 34.5 Å². The third-order valence-corrected chi connectivity index (χ3v) is 7.21. The van der Waals surface area contributed by atoms with E-state index in [0.29, 0.717) is 23.0 Å². The molecule has 2 heterocycles. The maximum Gasteiger partial charge on any atom is 0.218 e. The third-order valence-electron chi connectivity index (χ3n) is 5.28. The van der Waals surface area contributed by atoms with Gasteiger partial charge < -0.3 is 14.8 Å². The lowest BCUT2D eigenvalue weighted by Gasteiger charge is -2.38. The van der Waals surface area contributed by atoms with E-state index < -0.39 is 9.84 Å². The molecule has 1 aliphatic rings. The molecule has 0 aliphatic carbocycles. The fourth-order valence-electron chi connectivity index (χ4n) is 3.46. The van der Waals surface area contributed by atoms with Crippen molar-refractivity contribution < 1.29 is 17.9 Å². The molecule has 164 valence electrons. The second kappa shape index (κ2) is 9.12. The molecule has 6 nitrogen and oxygen atoms in total. The van der Waals surface area contributed by atoms with Gasteiger partial charge in [0.2, 0.25) is 5.88 Å². The van der Waals surface area contributed by atoms with Crippen LogP contribution in [0.25, 0.3) is 10.9 Å². The molecule has 4 rings (SSSR count). The van der Waals surface area contributed by atoms with Gasteiger partial charge in [0.25, 0.3) is 0 Å². The van der Waals surface area contributed by atoms with E-state index in [1.165, 1.54) is 0 Å². The van der Waals surface area contributed by atoms with Crippen LogP contribution in [0.5, 0.6) is 5.88 Å². The quantitative estimate of drug-likeness (QED) is 0.522. The maximum absolute atomic E-state index is 12.5. The number of ether oxygens (including phenoxy) is 2. The molecule has 1 N–H and O–H groups in total. The van der Waals surface area contributed by atoms with Gasteiger partial charge in [-0.3, -0.25) is 0 Å². The summed E-state index contributed by atoms with van der Waals surface area (Å²) in [5.74, 6) is 0.287. The minimum Gasteiger partial charge on any atom is -0.476 e. The Morgan fingerprint density at radius 1 is 1.16 bits per heavy atom. The molecule has 0 saturated carbocycles. The molecule has 1 aliphatic heterocycles. The van der Waals surface area contributed by atoms with Gasteiger partial charge in [-0.15, -0.1) is 0 Å². The molecule has 0 bridgehead atoms. The minimum absolute atomic E-state index is 0.00878. The van der Waals surface area contributed by atoms with Crippen molar-refractivity contribution in [1.29, 1.82) is 0 Å². The Bertz CT molecular complexity index is 1160. The summed E-state index contributed by atoms with van der Waals surface area (Å²) in [5.41, 5.74) is 1.72. The van der Waals surface area contributed by atoms with Crippen molar-refractivity contribution in [2.75, 3.05) is 32.1 Å². The Morgan fingerprint density at radius 2 is 1.94 bits per heavy atom. The summed E-state index contributed by atoms with van der Waals surface area (Å²) in [6.45, 7) is 5.05. The zero-order valence-electron chi connectivity index (χ0n) is 17.3. The molecule has 0 unspecified atom stereocenters. The van der Waals surface area contributed by atoms with Crippen molar-refractivity contribution in [2.45, 2.75) is 18.4 Å². The Morgan fingerprint density at radius 3 is 2.65 bits per heavy atom. The molecule has 0 radical (unpaired) electrons. The summed E-state index contributed by atoms with van der Waals surface area (Å²) < 4.78 is 36.3. The van der Waals surface area contributed by atoms with Gasteiger partial charge in [-0.1, -0.05) is 42.8 Å². The molecule has 1 aromatic heterocycles. The van der Waals surface area contributed by atoms with Gasteiger partial charge in [0.15, 0.2) is 9.84 Å². The summed E-state index contributed by atoms with van der Waals surface area (Å²) in [6.07, 6.45) is 0. The van der Waals surface area contributed by atoms with E-state index in [0.717, 1.165) is 30.7 Å². The van der Waals surface area contributed by atoms with E-state index in [1.807, 2.05) is 18.2 Å². The van der Waals surface area contributed by atoms with Gasteiger partial charge in [-0.2, -0.15) is 0 Å². The summed E-state index contributed by atoms with van der Waals surface area (Å²) in [6, 6.07) is 15.9.